The number of rotatable bonds is 3. The van der Waals surface area contributed by atoms with E-state index in [-0.39, 0.29) is 5.91 Å². The monoisotopic (exact) mass is 234 g/mol. The Bertz CT molecular complexity index is 324. The first-order chi connectivity index (χ1) is 8.18. The SMILES string of the molecule is CC1CC1CNC(=O)C1(C#N)CCCCCC1. The molecule has 2 atom stereocenters. The van der Waals surface area contributed by atoms with Crippen molar-refractivity contribution >= 4 is 5.91 Å². The first-order valence-electron chi connectivity index (χ1n) is 6.87. The highest BCUT2D eigenvalue weighted by molar-refractivity contribution is 5.85. The summed E-state index contributed by atoms with van der Waals surface area (Å²) in [4.78, 5) is 12.2. The van der Waals surface area contributed by atoms with Gasteiger partial charge in [0.15, 0.2) is 0 Å². The molecule has 0 bridgehead atoms. The van der Waals surface area contributed by atoms with E-state index in [9.17, 15) is 10.1 Å². The number of nitriles is 1. The van der Waals surface area contributed by atoms with Gasteiger partial charge < -0.3 is 5.32 Å². The lowest BCUT2D eigenvalue weighted by atomic mass is 9.81. The lowest BCUT2D eigenvalue weighted by Crippen LogP contribution is -2.40. The summed E-state index contributed by atoms with van der Waals surface area (Å²) >= 11 is 0. The molecule has 2 aliphatic rings. The van der Waals surface area contributed by atoms with Crippen LogP contribution in [0.4, 0.5) is 0 Å². The minimum atomic E-state index is -0.728. The lowest BCUT2D eigenvalue weighted by Gasteiger charge is -2.23. The normalized spacial score (nSPS) is 31.1. The average molecular weight is 234 g/mol. The lowest BCUT2D eigenvalue weighted by molar-refractivity contribution is -0.128. The van der Waals surface area contributed by atoms with Crippen molar-refractivity contribution in [2.75, 3.05) is 6.54 Å². The van der Waals surface area contributed by atoms with Gasteiger partial charge in [0.05, 0.1) is 6.07 Å². The van der Waals surface area contributed by atoms with Gasteiger partial charge in [0.25, 0.3) is 0 Å². The van der Waals surface area contributed by atoms with Gasteiger partial charge in [0.1, 0.15) is 5.41 Å². The van der Waals surface area contributed by atoms with E-state index in [1.165, 1.54) is 6.42 Å². The summed E-state index contributed by atoms with van der Waals surface area (Å²) < 4.78 is 0. The summed E-state index contributed by atoms with van der Waals surface area (Å²) in [5, 5.41) is 12.4. The van der Waals surface area contributed by atoms with Crippen LogP contribution >= 0.6 is 0 Å². The molecular formula is C14H22N2O. The highest BCUT2D eigenvalue weighted by atomic mass is 16.2. The molecule has 0 spiro atoms. The molecule has 2 aliphatic carbocycles. The number of hydrogen-bond donors (Lipinski definition) is 1. The fraction of sp³-hybridized carbons (Fsp3) is 0.857. The molecule has 2 saturated carbocycles. The fourth-order valence-electron chi connectivity index (χ4n) is 2.80. The number of hydrogen-bond acceptors (Lipinski definition) is 2. The average Bonchev–Trinajstić information content (AvgIpc) is 3.08. The van der Waals surface area contributed by atoms with Crippen molar-refractivity contribution in [3.63, 3.8) is 0 Å². The maximum atomic E-state index is 12.2. The van der Waals surface area contributed by atoms with E-state index in [4.69, 9.17) is 0 Å². The van der Waals surface area contributed by atoms with Crippen molar-refractivity contribution < 1.29 is 4.79 Å². The highest BCUT2D eigenvalue weighted by Crippen LogP contribution is 2.38. The summed E-state index contributed by atoms with van der Waals surface area (Å²) in [7, 11) is 0. The van der Waals surface area contributed by atoms with E-state index in [0.717, 1.165) is 51.0 Å². The third-order valence-electron chi connectivity index (χ3n) is 4.41. The van der Waals surface area contributed by atoms with Crippen LogP contribution in [0.15, 0.2) is 0 Å². The van der Waals surface area contributed by atoms with Gasteiger partial charge in [0, 0.05) is 6.54 Å². The zero-order valence-electron chi connectivity index (χ0n) is 10.7. The van der Waals surface area contributed by atoms with E-state index in [0.29, 0.717) is 5.92 Å². The molecule has 2 unspecified atom stereocenters. The first-order valence-corrected chi connectivity index (χ1v) is 6.87. The van der Waals surface area contributed by atoms with Crippen LogP contribution < -0.4 is 5.32 Å². The van der Waals surface area contributed by atoms with Crippen molar-refractivity contribution in [1.82, 2.24) is 5.32 Å². The molecule has 0 heterocycles. The molecule has 3 nitrogen and oxygen atoms in total. The van der Waals surface area contributed by atoms with Gasteiger partial charge in [-0.15, -0.1) is 0 Å². The van der Waals surface area contributed by atoms with Crippen LogP contribution in [0.25, 0.3) is 0 Å². The van der Waals surface area contributed by atoms with Crippen LogP contribution in [0, 0.1) is 28.6 Å². The van der Waals surface area contributed by atoms with Crippen molar-refractivity contribution in [2.24, 2.45) is 17.3 Å². The predicted molar refractivity (Wildman–Crippen MR) is 66.0 cm³/mol. The quantitative estimate of drug-likeness (QED) is 0.763. The van der Waals surface area contributed by atoms with Crippen molar-refractivity contribution in [2.45, 2.75) is 51.9 Å². The molecule has 0 saturated heterocycles. The standard InChI is InChI=1S/C14H22N2O/c1-11-8-12(11)9-16-13(17)14(10-15)6-4-2-3-5-7-14/h11-12H,2-9H2,1H3,(H,16,17). The number of nitrogens with zero attached hydrogens (tertiary/aromatic N) is 1. The Kier molecular flexibility index (Phi) is 3.71. The van der Waals surface area contributed by atoms with Gasteiger partial charge in [-0.05, 0) is 31.1 Å². The molecule has 3 heteroatoms. The van der Waals surface area contributed by atoms with Crippen LogP contribution in [-0.2, 0) is 4.79 Å². The molecule has 0 aromatic carbocycles. The number of carbonyl (C=O) groups is 1. The van der Waals surface area contributed by atoms with Crippen LogP contribution in [0.1, 0.15) is 51.9 Å². The smallest absolute Gasteiger partial charge is 0.240 e. The van der Waals surface area contributed by atoms with Gasteiger partial charge in [-0.3, -0.25) is 4.79 Å². The molecule has 0 radical (unpaired) electrons. The third kappa shape index (κ3) is 2.80. The summed E-state index contributed by atoms with van der Waals surface area (Å²) in [6.07, 6.45) is 7.07. The second-order valence-electron chi connectivity index (χ2n) is 5.79. The van der Waals surface area contributed by atoms with Crippen molar-refractivity contribution in [1.29, 1.82) is 5.26 Å². The van der Waals surface area contributed by atoms with Crippen LogP contribution in [0.5, 0.6) is 0 Å². The Morgan fingerprint density at radius 3 is 2.41 bits per heavy atom. The molecule has 0 aromatic heterocycles. The Hall–Kier alpha value is -1.04. The van der Waals surface area contributed by atoms with Crippen molar-refractivity contribution in [3.8, 4) is 6.07 Å². The number of amides is 1. The van der Waals surface area contributed by atoms with Crippen molar-refractivity contribution in [3.05, 3.63) is 0 Å². The molecule has 1 N–H and O–H groups in total. The molecule has 0 aromatic rings. The molecule has 1 amide bonds. The molecule has 94 valence electrons. The van der Waals surface area contributed by atoms with E-state index in [1.807, 2.05) is 0 Å². The maximum absolute atomic E-state index is 12.2. The summed E-state index contributed by atoms with van der Waals surface area (Å²) in [5.41, 5.74) is -0.728. The van der Waals surface area contributed by atoms with Gasteiger partial charge >= 0.3 is 0 Å². The predicted octanol–water partition coefficient (Wildman–Crippen LogP) is 2.62. The summed E-state index contributed by atoms with van der Waals surface area (Å²) in [6, 6.07) is 2.30. The largest absolute Gasteiger partial charge is 0.354 e. The van der Waals surface area contributed by atoms with Gasteiger partial charge in [-0.1, -0.05) is 32.6 Å². The maximum Gasteiger partial charge on any atom is 0.240 e. The Morgan fingerprint density at radius 1 is 1.35 bits per heavy atom. The summed E-state index contributed by atoms with van der Waals surface area (Å²) in [6.45, 7) is 2.98. The minimum Gasteiger partial charge on any atom is -0.354 e. The summed E-state index contributed by atoms with van der Waals surface area (Å²) in [5.74, 6) is 1.39. The highest BCUT2D eigenvalue weighted by Gasteiger charge is 2.40. The number of carbonyl (C=O) groups excluding carboxylic acids is 1. The molecule has 2 fully saturated rings. The van der Waals surface area contributed by atoms with Gasteiger partial charge in [-0.2, -0.15) is 5.26 Å². The van der Waals surface area contributed by atoms with Crippen LogP contribution in [-0.4, -0.2) is 12.5 Å². The molecule has 17 heavy (non-hydrogen) atoms. The Labute approximate surface area is 104 Å². The second-order valence-corrected chi connectivity index (χ2v) is 5.79. The van der Waals surface area contributed by atoms with Gasteiger partial charge in [0.2, 0.25) is 5.91 Å². The number of nitrogens with one attached hydrogen (secondary N) is 1. The Balaban J connectivity index is 1.91. The third-order valence-corrected chi connectivity index (χ3v) is 4.41. The fourth-order valence-corrected chi connectivity index (χ4v) is 2.80. The van der Waals surface area contributed by atoms with Crippen LogP contribution in [0.3, 0.4) is 0 Å². The minimum absolute atomic E-state index is 0.0130. The topological polar surface area (TPSA) is 52.9 Å². The second kappa shape index (κ2) is 5.08. The molecule has 0 aliphatic heterocycles. The molecular weight excluding hydrogens is 212 g/mol. The zero-order chi connectivity index (χ0) is 12.3. The van der Waals surface area contributed by atoms with E-state index in [1.54, 1.807) is 0 Å². The van der Waals surface area contributed by atoms with Gasteiger partial charge in [-0.25, -0.2) is 0 Å². The molecule has 2 rings (SSSR count). The van der Waals surface area contributed by atoms with Crippen LogP contribution in [0.2, 0.25) is 0 Å². The zero-order valence-corrected chi connectivity index (χ0v) is 10.7. The van der Waals surface area contributed by atoms with E-state index in [2.05, 4.69) is 18.3 Å². The van der Waals surface area contributed by atoms with E-state index >= 15 is 0 Å². The Morgan fingerprint density at radius 2 is 1.94 bits per heavy atom. The first kappa shape index (κ1) is 12.4. The van der Waals surface area contributed by atoms with E-state index < -0.39 is 5.41 Å².